The fourth-order valence-electron chi connectivity index (χ4n) is 2.12. The molecule has 0 radical (unpaired) electrons. The topological polar surface area (TPSA) is 38.5 Å². The molecule has 0 aromatic heterocycles. The maximum atomic E-state index is 5.72. The van der Waals surface area contributed by atoms with E-state index in [2.05, 4.69) is 11.8 Å². The van der Waals surface area contributed by atoms with Gasteiger partial charge in [0.05, 0.1) is 13.2 Å². The Hall–Kier alpha value is -0.120. The summed E-state index contributed by atoms with van der Waals surface area (Å²) in [5.74, 6) is 0. The van der Waals surface area contributed by atoms with Crippen molar-refractivity contribution in [2.24, 2.45) is 5.73 Å². The van der Waals surface area contributed by atoms with Crippen LogP contribution in [-0.2, 0) is 4.74 Å². The first-order chi connectivity index (χ1) is 7.38. The highest BCUT2D eigenvalue weighted by atomic mass is 16.5. The molecule has 1 atom stereocenters. The van der Waals surface area contributed by atoms with Gasteiger partial charge in [0.25, 0.3) is 0 Å². The van der Waals surface area contributed by atoms with Gasteiger partial charge in [0.15, 0.2) is 0 Å². The van der Waals surface area contributed by atoms with Gasteiger partial charge < -0.3 is 10.5 Å². The Labute approximate surface area is 94.0 Å². The molecule has 1 heterocycles. The van der Waals surface area contributed by atoms with Crippen LogP contribution >= 0.6 is 0 Å². The van der Waals surface area contributed by atoms with Crippen molar-refractivity contribution < 1.29 is 4.74 Å². The molecule has 0 aliphatic carbocycles. The van der Waals surface area contributed by atoms with Crippen LogP contribution in [0.25, 0.3) is 0 Å². The van der Waals surface area contributed by atoms with E-state index in [0.29, 0.717) is 6.04 Å². The molecule has 15 heavy (non-hydrogen) atoms. The molecule has 90 valence electrons. The number of nitrogens with zero attached hydrogens (tertiary/aromatic N) is 1. The average molecular weight is 214 g/mol. The lowest BCUT2D eigenvalue weighted by molar-refractivity contribution is -0.00446. The number of hydrogen-bond acceptors (Lipinski definition) is 3. The summed E-state index contributed by atoms with van der Waals surface area (Å²) in [7, 11) is 0. The minimum atomic E-state index is 0.463. The number of nitrogens with two attached hydrogens (primary N) is 1. The third-order valence-corrected chi connectivity index (χ3v) is 3.17. The Morgan fingerprint density at radius 2 is 2.07 bits per heavy atom. The van der Waals surface area contributed by atoms with E-state index in [-0.39, 0.29) is 0 Å². The molecule has 0 aromatic rings. The predicted molar refractivity (Wildman–Crippen MR) is 64.0 cm³/mol. The summed E-state index contributed by atoms with van der Waals surface area (Å²) in [5.41, 5.74) is 5.72. The highest BCUT2D eigenvalue weighted by molar-refractivity contribution is 4.75. The molecule has 1 aliphatic heterocycles. The van der Waals surface area contributed by atoms with E-state index in [4.69, 9.17) is 10.5 Å². The van der Waals surface area contributed by atoms with Gasteiger partial charge in [0, 0.05) is 19.1 Å². The standard InChI is InChI=1S/C12H26N2O/c1-2-3-4-5-6-7-14-8-9-15-11-12(14)10-13/h12H,2-11,13H2,1H3. The van der Waals surface area contributed by atoms with Crippen molar-refractivity contribution >= 4 is 0 Å². The van der Waals surface area contributed by atoms with Gasteiger partial charge in [-0.15, -0.1) is 0 Å². The minimum absolute atomic E-state index is 0.463. The van der Waals surface area contributed by atoms with Gasteiger partial charge in [-0.3, -0.25) is 4.90 Å². The molecule has 3 nitrogen and oxygen atoms in total. The Balaban J connectivity index is 2.07. The molecule has 0 bridgehead atoms. The van der Waals surface area contributed by atoms with Crippen molar-refractivity contribution in [2.75, 3.05) is 32.8 Å². The third kappa shape index (κ3) is 4.96. The van der Waals surface area contributed by atoms with Crippen LogP contribution in [0, 0.1) is 0 Å². The SMILES string of the molecule is CCCCCCCN1CCOCC1CN. The first-order valence-corrected chi connectivity index (χ1v) is 6.40. The molecule has 0 aromatic carbocycles. The molecular weight excluding hydrogens is 188 g/mol. The Morgan fingerprint density at radius 3 is 2.80 bits per heavy atom. The van der Waals surface area contributed by atoms with Gasteiger partial charge in [-0.25, -0.2) is 0 Å². The van der Waals surface area contributed by atoms with E-state index in [9.17, 15) is 0 Å². The average Bonchev–Trinajstić information content (AvgIpc) is 2.29. The second-order valence-corrected chi connectivity index (χ2v) is 4.41. The largest absolute Gasteiger partial charge is 0.378 e. The molecule has 3 heteroatoms. The van der Waals surface area contributed by atoms with E-state index < -0.39 is 0 Å². The second-order valence-electron chi connectivity index (χ2n) is 4.41. The molecular formula is C12H26N2O. The molecule has 1 unspecified atom stereocenters. The van der Waals surface area contributed by atoms with E-state index in [1.54, 1.807) is 0 Å². The highest BCUT2D eigenvalue weighted by Crippen LogP contribution is 2.09. The lowest BCUT2D eigenvalue weighted by Gasteiger charge is -2.34. The molecule has 1 rings (SSSR count). The maximum Gasteiger partial charge on any atom is 0.0634 e. The van der Waals surface area contributed by atoms with Gasteiger partial charge in [-0.2, -0.15) is 0 Å². The Morgan fingerprint density at radius 1 is 1.27 bits per heavy atom. The zero-order valence-electron chi connectivity index (χ0n) is 10.1. The normalized spacial score (nSPS) is 23.2. The number of ether oxygens (including phenoxy) is 1. The van der Waals surface area contributed by atoms with Crippen molar-refractivity contribution in [1.82, 2.24) is 4.90 Å². The zero-order valence-corrected chi connectivity index (χ0v) is 10.1. The molecule has 0 saturated carbocycles. The number of morpholine rings is 1. The molecule has 1 saturated heterocycles. The van der Waals surface area contributed by atoms with Gasteiger partial charge in [0.1, 0.15) is 0 Å². The minimum Gasteiger partial charge on any atom is -0.378 e. The van der Waals surface area contributed by atoms with Crippen molar-refractivity contribution in [1.29, 1.82) is 0 Å². The second kappa shape index (κ2) is 8.08. The van der Waals surface area contributed by atoms with Crippen LogP contribution in [0.3, 0.4) is 0 Å². The molecule has 0 spiro atoms. The fraction of sp³-hybridized carbons (Fsp3) is 1.00. The van der Waals surface area contributed by atoms with Gasteiger partial charge in [-0.05, 0) is 13.0 Å². The van der Waals surface area contributed by atoms with Crippen LogP contribution in [-0.4, -0.2) is 43.8 Å². The zero-order chi connectivity index (χ0) is 10.9. The lowest BCUT2D eigenvalue weighted by Crippen LogP contribution is -2.49. The quantitative estimate of drug-likeness (QED) is 0.654. The van der Waals surface area contributed by atoms with Crippen LogP contribution in [0.1, 0.15) is 39.0 Å². The summed E-state index contributed by atoms with van der Waals surface area (Å²) in [5, 5.41) is 0. The first kappa shape index (κ1) is 12.9. The van der Waals surface area contributed by atoms with Crippen LogP contribution < -0.4 is 5.73 Å². The number of unbranched alkanes of at least 4 members (excludes halogenated alkanes) is 4. The van der Waals surface area contributed by atoms with E-state index in [0.717, 1.165) is 26.3 Å². The lowest BCUT2D eigenvalue weighted by atomic mass is 10.1. The van der Waals surface area contributed by atoms with Gasteiger partial charge >= 0.3 is 0 Å². The van der Waals surface area contributed by atoms with Crippen molar-refractivity contribution in [3.05, 3.63) is 0 Å². The smallest absolute Gasteiger partial charge is 0.0634 e. The fourth-order valence-corrected chi connectivity index (χ4v) is 2.12. The monoisotopic (exact) mass is 214 g/mol. The first-order valence-electron chi connectivity index (χ1n) is 6.40. The van der Waals surface area contributed by atoms with E-state index in [1.807, 2.05) is 0 Å². The summed E-state index contributed by atoms with van der Waals surface area (Å²) >= 11 is 0. The third-order valence-electron chi connectivity index (χ3n) is 3.17. The summed E-state index contributed by atoms with van der Waals surface area (Å²) in [6.45, 7) is 6.96. The highest BCUT2D eigenvalue weighted by Gasteiger charge is 2.20. The number of hydrogen-bond donors (Lipinski definition) is 1. The van der Waals surface area contributed by atoms with Crippen LogP contribution in [0.4, 0.5) is 0 Å². The maximum absolute atomic E-state index is 5.72. The van der Waals surface area contributed by atoms with Crippen LogP contribution in [0.15, 0.2) is 0 Å². The summed E-state index contributed by atoms with van der Waals surface area (Å²) in [4.78, 5) is 2.50. The predicted octanol–water partition coefficient (Wildman–Crippen LogP) is 1.62. The van der Waals surface area contributed by atoms with Gasteiger partial charge in [-0.1, -0.05) is 32.6 Å². The van der Waals surface area contributed by atoms with Crippen LogP contribution in [0.2, 0.25) is 0 Å². The van der Waals surface area contributed by atoms with E-state index >= 15 is 0 Å². The molecule has 1 fully saturated rings. The molecule has 1 aliphatic rings. The van der Waals surface area contributed by atoms with Crippen molar-refractivity contribution in [3.63, 3.8) is 0 Å². The van der Waals surface area contributed by atoms with E-state index in [1.165, 1.54) is 38.6 Å². The Bertz CT molecular complexity index is 153. The molecule has 2 N–H and O–H groups in total. The van der Waals surface area contributed by atoms with Crippen LogP contribution in [0.5, 0.6) is 0 Å². The number of rotatable bonds is 7. The Kier molecular flexibility index (Phi) is 6.98. The summed E-state index contributed by atoms with van der Waals surface area (Å²) < 4.78 is 5.43. The summed E-state index contributed by atoms with van der Waals surface area (Å²) in [6.07, 6.45) is 6.76. The van der Waals surface area contributed by atoms with Crippen molar-refractivity contribution in [3.8, 4) is 0 Å². The summed E-state index contributed by atoms with van der Waals surface area (Å²) in [6, 6.07) is 0.463. The van der Waals surface area contributed by atoms with Gasteiger partial charge in [0.2, 0.25) is 0 Å². The molecule has 0 amide bonds. The van der Waals surface area contributed by atoms with Crippen molar-refractivity contribution in [2.45, 2.75) is 45.1 Å².